The number of para-hydroxylation sites is 2. The summed E-state index contributed by atoms with van der Waals surface area (Å²) in [6.07, 6.45) is 19.2. The van der Waals surface area contributed by atoms with Gasteiger partial charge in [0.25, 0.3) is 0 Å². The minimum atomic E-state index is -0.143. The first-order valence-electron chi connectivity index (χ1n) is 19.5. The lowest BCUT2D eigenvalue weighted by atomic mass is 9.81. The highest BCUT2D eigenvalue weighted by molar-refractivity contribution is 8.05. The summed E-state index contributed by atoms with van der Waals surface area (Å²) in [5, 5.41) is 2.58. The van der Waals surface area contributed by atoms with Crippen molar-refractivity contribution in [2.45, 2.75) is 85.9 Å². The third kappa shape index (κ3) is 7.94. The standard InChI is InChI=1S/C49H48N2S2.C2H6/c1-8-11-12-21-35(9-2)42(27-20-31-51-43-25-15-13-22-37(43)38-23-14-16-26-44(38)51)50(34(4)5)30-19-24-36-39-32-47-48(33-41(39)49(6,7)40(36)10-3)53-46-29-18-17-28-45(46)52-47;1-2/h8,10-20,22-29,32-33H,1,3-4,9,21,30-31H2,2,5-7H3;1-2H3/b12-11-,24-19-,27-20-,42-35-;. The van der Waals surface area contributed by atoms with E-state index in [0.29, 0.717) is 6.54 Å². The number of nitrogens with zero attached hydrogens (tertiary/aromatic N) is 2. The first-order valence-corrected chi connectivity index (χ1v) is 21.1. The van der Waals surface area contributed by atoms with E-state index in [9.17, 15) is 0 Å². The van der Waals surface area contributed by atoms with Crippen LogP contribution in [0.25, 0.3) is 27.4 Å². The van der Waals surface area contributed by atoms with Crippen LogP contribution in [-0.4, -0.2) is 16.0 Å². The van der Waals surface area contributed by atoms with Gasteiger partial charge in [-0.3, -0.25) is 0 Å². The zero-order valence-corrected chi connectivity index (χ0v) is 35.0. The molecule has 0 spiro atoms. The van der Waals surface area contributed by atoms with Crippen molar-refractivity contribution in [1.29, 1.82) is 0 Å². The van der Waals surface area contributed by atoms with Crippen molar-refractivity contribution in [3.8, 4) is 0 Å². The van der Waals surface area contributed by atoms with Crippen LogP contribution >= 0.6 is 23.5 Å². The summed E-state index contributed by atoms with van der Waals surface area (Å²) in [5.74, 6) is 0. The van der Waals surface area contributed by atoms with E-state index in [4.69, 9.17) is 0 Å². The van der Waals surface area contributed by atoms with E-state index in [1.54, 1.807) is 0 Å². The molecule has 2 heterocycles. The Morgan fingerprint density at radius 1 is 0.800 bits per heavy atom. The van der Waals surface area contributed by atoms with E-state index in [0.717, 1.165) is 25.1 Å². The molecule has 0 fully saturated rings. The molecular formula is C51H54N2S2. The second kappa shape index (κ2) is 17.7. The zero-order chi connectivity index (χ0) is 39.1. The van der Waals surface area contributed by atoms with E-state index < -0.39 is 0 Å². The van der Waals surface area contributed by atoms with Crippen LogP contribution in [0.1, 0.15) is 65.5 Å². The van der Waals surface area contributed by atoms with Gasteiger partial charge < -0.3 is 9.47 Å². The molecule has 0 atom stereocenters. The summed E-state index contributed by atoms with van der Waals surface area (Å²) >= 11 is 3.76. The van der Waals surface area contributed by atoms with Crippen molar-refractivity contribution in [1.82, 2.24) is 9.47 Å². The SMILES string of the molecule is C=C/C=C\C/C(CC)=C(/C=C\Cn1c2ccccc2c2ccccc21)N(C/C=C\C1=C(C=C)C(C)(C)c2cc3c(cc21)Sc1ccccc1S3)C(=C)C.CC. The fraction of sp³-hybridized carbons (Fsp3) is 0.216. The molecule has 0 saturated carbocycles. The number of hydrogen-bond acceptors (Lipinski definition) is 3. The van der Waals surface area contributed by atoms with Gasteiger partial charge in [0.05, 0.1) is 0 Å². The van der Waals surface area contributed by atoms with E-state index in [1.165, 1.54) is 74.9 Å². The summed E-state index contributed by atoms with van der Waals surface area (Å²) in [6, 6.07) is 31.0. The van der Waals surface area contributed by atoms with Gasteiger partial charge in [-0.15, -0.1) is 0 Å². The molecule has 0 radical (unpaired) electrons. The minimum absolute atomic E-state index is 0.143. The number of allylic oxidation sites excluding steroid dienone is 11. The van der Waals surface area contributed by atoms with Crippen LogP contribution in [0.2, 0.25) is 0 Å². The van der Waals surface area contributed by atoms with Gasteiger partial charge in [-0.25, -0.2) is 0 Å². The van der Waals surface area contributed by atoms with E-state index >= 15 is 0 Å². The predicted octanol–water partition coefficient (Wildman–Crippen LogP) is 15.1. The third-order valence-corrected chi connectivity index (χ3v) is 13.0. The number of aromatic nitrogens is 1. The van der Waals surface area contributed by atoms with E-state index in [-0.39, 0.29) is 5.41 Å². The van der Waals surface area contributed by atoms with E-state index in [1.807, 2.05) is 49.5 Å². The first kappa shape index (κ1) is 39.8. The van der Waals surface area contributed by atoms with Gasteiger partial charge in [-0.05, 0) is 90.1 Å². The Bertz CT molecular complexity index is 2350. The lowest BCUT2D eigenvalue weighted by molar-refractivity contribution is 0.481. The molecule has 1 aliphatic heterocycles. The Morgan fingerprint density at radius 2 is 1.40 bits per heavy atom. The monoisotopic (exact) mass is 758 g/mol. The lowest BCUT2D eigenvalue weighted by Crippen LogP contribution is -2.21. The Hall–Kier alpha value is -4.90. The van der Waals surface area contributed by atoms with Crippen LogP contribution < -0.4 is 0 Å². The highest BCUT2D eigenvalue weighted by atomic mass is 32.2. The van der Waals surface area contributed by atoms with Crippen molar-refractivity contribution in [2.24, 2.45) is 0 Å². The topological polar surface area (TPSA) is 8.17 Å². The predicted molar refractivity (Wildman–Crippen MR) is 243 cm³/mol. The van der Waals surface area contributed by atoms with Gasteiger partial charge in [0.1, 0.15) is 0 Å². The molecule has 0 unspecified atom stereocenters. The smallest absolute Gasteiger partial charge is 0.0494 e. The summed E-state index contributed by atoms with van der Waals surface area (Å²) in [7, 11) is 0. The zero-order valence-electron chi connectivity index (χ0n) is 33.4. The Labute approximate surface area is 338 Å². The largest absolute Gasteiger partial charge is 0.342 e. The Morgan fingerprint density at radius 3 is 1.98 bits per heavy atom. The highest BCUT2D eigenvalue weighted by Crippen LogP contribution is 2.54. The Balaban J connectivity index is 0.00000253. The summed E-state index contributed by atoms with van der Waals surface area (Å²) in [6.45, 7) is 27.2. The lowest BCUT2D eigenvalue weighted by Gasteiger charge is -2.27. The summed E-state index contributed by atoms with van der Waals surface area (Å²) in [4.78, 5) is 7.68. The molecular weight excluding hydrogens is 705 g/mol. The Kier molecular flexibility index (Phi) is 12.8. The maximum Gasteiger partial charge on any atom is 0.0494 e. The van der Waals surface area contributed by atoms with Gasteiger partial charge in [-0.2, -0.15) is 0 Å². The molecule has 0 N–H and O–H groups in total. The van der Waals surface area contributed by atoms with Crippen molar-refractivity contribution >= 4 is 50.9 Å². The quantitative estimate of drug-likeness (QED) is 0.108. The second-order valence-corrected chi connectivity index (χ2v) is 16.3. The van der Waals surface area contributed by atoms with Gasteiger partial charge >= 0.3 is 0 Å². The number of hydrogen-bond donors (Lipinski definition) is 0. The second-order valence-electron chi connectivity index (χ2n) is 14.2. The molecule has 1 aliphatic carbocycles. The molecule has 2 nitrogen and oxygen atoms in total. The van der Waals surface area contributed by atoms with Crippen LogP contribution in [0.3, 0.4) is 0 Å². The molecule has 4 heteroatoms. The molecule has 280 valence electrons. The fourth-order valence-electron chi connectivity index (χ4n) is 7.83. The molecule has 7 rings (SSSR count). The molecule has 0 bridgehead atoms. The van der Waals surface area contributed by atoms with Gasteiger partial charge in [-0.1, -0.05) is 169 Å². The number of benzene rings is 4. The first-order chi connectivity index (χ1) is 26.8. The van der Waals surface area contributed by atoms with Crippen LogP contribution in [0, 0.1) is 0 Å². The fourth-order valence-corrected chi connectivity index (χ4v) is 10.1. The average Bonchev–Trinajstić information content (AvgIpc) is 3.63. The molecule has 1 aromatic heterocycles. The van der Waals surface area contributed by atoms with Gasteiger partial charge in [0, 0.05) is 71.3 Å². The number of fused-ring (bicyclic) bond motifs is 6. The van der Waals surface area contributed by atoms with Crippen molar-refractivity contribution < 1.29 is 0 Å². The van der Waals surface area contributed by atoms with Crippen LogP contribution in [0.4, 0.5) is 0 Å². The van der Waals surface area contributed by atoms with Crippen LogP contribution in [0.15, 0.2) is 195 Å². The molecule has 2 aliphatic rings. The molecule has 5 aromatic rings. The van der Waals surface area contributed by atoms with Crippen molar-refractivity contribution in [2.75, 3.05) is 6.54 Å². The number of rotatable bonds is 13. The van der Waals surface area contributed by atoms with Crippen LogP contribution in [0.5, 0.6) is 0 Å². The van der Waals surface area contributed by atoms with Crippen molar-refractivity contribution in [3.05, 3.63) is 187 Å². The van der Waals surface area contributed by atoms with E-state index in [2.05, 4.69) is 178 Å². The highest BCUT2D eigenvalue weighted by Gasteiger charge is 2.37. The van der Waals surface area contributed by atoms with Gasteiger partial charge in [0.15, 0.2) is 0 Å². The summed E-state index contributed by atoms with van der Waals surface area (Å²) < 4.78 is 2.42. The maximum absolute atomic E-state index is 4.49. The summed E-state index contributed by atoms with van der Waals surface area (Å²) in [5.41, 5.74) is 11.1. The average molecular weight is 759 g/mol. The van der Waals surface area contributed by atoms with Crippen LogP contribution in [-0.2, 0) is 12.0 Å². The molecule has 0 saturated heterocycles. The van der Waals surface area contributed by atoms with Crippen molar-refractivity contribution in [3.63, 3.8) is 0 Å². The third-order valence-electron chi connectivity index (χ3n) is 10.5. The maximum atomic E-state index is 4.49. The van der Waals surface area contributed by atoms with Gasteiger partial charge in [0.2, 0.25) is 0 Å². The molecule has 4 aromatic carbocycles. The molecule has 55 heavy (non-hydrogen) atoms. The molecule has 0 amide bonds. The normalized spacial score (nSPS) is 14.9. The minimum Gasteiger partial charge on any atom is -0.342 e.